The first kappa shape index (κ1) is 9.97. The molecule has 0 bridgehead atoms. The highest BCUT2D eigenvalue weighted by Gasteiger charge is 1.97. The minimum absolute atomic E-state index is 0.0494. The zero-order valence-electron chi connectivity index (χ0n) is 6.45. The van der Waals surface area contributed by atoms with Gasteiger partial charge < -0.3 is 14.6 Å². The maximum absolute atomic E-state index is 10.5. The van der Waals surface area contributed by atoms with Crippen LogP contribution in [0.3, 0.4) is 0 Å². The van der Waals surface area contributed by atoms with Crippen LogP contribution >= 0.6 is 0 Å². The number of carbonyl (C=O) groups excluding carboxylic acids is 1. The highest BCUT2D eigenvalue weighted by Crippen LogP contribution is 1.84. The molecule has 0 unspecified atom stereocenters. The Labute approximate surface area is 65.4 Å². The lowest BCUT2D eigenvalue weighted by Crippen LogP contribution is -2.06. The molecule has 0 rings (SSSR count). The van der Waals surface area contributed by atoms with Crippen molar-refractivity contribution in [2.75, 3.05) is 19.8 Å². The van der Waals surface area contributed by atoms with Gasteiger partial charge in [-0.25, -0.2) is 4.79 Å². The third-order valence-electron chi connectivity index (χ3n) is 0.832. The molecule has 0 heterocycles. The molecule has 0 saturated carbocycles. The first-order valence-corrected chi connectivity index (χ1v) is 3.36. The van der Waals surface area contributed by atoms with Crippen LogP contribution < -0.4 is 0 Å². The molecule has 0 aromatic rings. The van der Waals surface area contributed by atoms with E-state index in [4.69, 9.17) is 5.11 Å². The van der Waals surface area contributed by atoms with Gasteiger partial charge in [0.1, 0.15) is 6.61 Å². The molecule has 1 N–H and O–H groups in total. The summed E-state index contributed by atoms with van der Waals surface area (Å²) in [5.41, 5.74) is 0. The van der Waals surface area contributed by atoms with Crippen LogP contribution in [0.4, 0.5) is 4.79 Å². The average Bonchev–Trinajstić information content (AvgIpc) is 1.99. The van der Waals surface area contributed by atoms with E-state index in [1.807, 2.05) is 0 Å². The van der Waals surface area contributed by atoms with Crippen molar-refractivity contribution >= 4 is 6.16 Å². The molecule has 0 aliphatic heterocycles. The quantitative estimate of drug-likeness (QED) is 0.486. The summed E-state index contributed by atoms with van der Waals surface area (Å²) < 4.78 is 8.99. The second-order valence-electron chi connectivity index (χ2n) is 1.65. The number of hydrogen-bond donors (Lipinski definition) is 1. The van der Waals surface area contributed by atoms with Gasteiger partial charge in [0.05, 0.1) is 13.2 Å². The maximum atomic E-state index is 10.5. The van der Waals surface area contributed by atoms with E-state index >= 15 is 0 Å². The van der Waals surface area contributed by atoms with Gasteiger partial charge in [-0.15, -0.1) is 0 Å². The van der Waals surface area contributed by atoms with Gasteiger partial charge in [0.2, 0.25) is 0 Å². The normalized spacial score (nSPS) is 10.0. The SMILES string of the molecule is CCOC(=O)OC/C=C\CO. The minimum Gasteiger partial charge on any atom is -0.435 e. The lowest BCUT2D eigenvalue weighted by atomic mass is 10.5. The van der Waals surface area contributed by atoms with Crippen molar-refractivity contribution in [2.24, 2.45) is 0 Å². The van der Waals surface area contributed by atoms with Crippen LogP contribution in [0.1, 0.15) is 6.92 Å². The molecule has 0 amide bonds. The highest BCUT2D eigenvalue weighted by atomic mass is 16.7. The van der Waals surface area contributed by atoms with Gasteiger partial charge in [-0.05, 0) is 13.0 Å². The fourth-order valence-electron chi connectivity index (χ4n) is 0.418. The number of hydrogen-bond acceptors (Lipinski definition) is 4. The predicted octanol–water partition coefficient (Wildman–Crippen LogP) is 0.708. The van der Waals surface area contributed by atoms with Crippen molar-refractivity contribution in [3.8, 4) is 0 Å². The fraction of sp³-hybridized carbons (Fsp3) is 0.571. The maximum Gasteiger partial charge on any atom is 0.508 e. The zero-order chi connectivity index (χ0) is 8.53. The van der Waals surface area contributed by atoms with Crippen LogP contribution in [0.25, 0.3) is 0 Å². The van der Waals surface area contributed by atoms with Crippen molar-refractivity contribution in [1.29, 1.82) is 0 Å². The number of aliphatic hydroxyl groups is 1. The molecule has 0 spiro atoms. The second-order valence-corrected chi connectivity index (χ2v) is 1.65. The average molecular weight is 160 g/mol. The minimum atomic E-state index is -0.685. The highest BCUT2D eigenvalue weighted by molar-refractivity contribution is 5.59. The second kappa shape index (κ2) is 7.08. The molecule has 0 fully saturated rings. The first-order chi connectivity index (χ1) is 5.31. The molecule has 4 heteroatoms. The number of carbonyl (C=O) groups is 1. The van der Waals surface area contributed by atoms with Crippen LogP contribution in [0.2, 0.25) is 0 Å². The molecule has 0 aromatic carbocycles. The number of ether oxygens (including phenoxy) is 2. The molecule has 0 aromatic heterocycles. The lowest BCUT2D eigenvalue weighted by Gasteiger charge is -1.99. The molecule has 0 radical (unpaired) electrons. The summed E-state index contributed by atoms with van der Waals surface area (Å²) >= 11 is 0. The smallest absolute Gasteiger partial charge is 0.435 e. The van der Waals surface area contributed by atoms with Gasteiger partial charge in [-0.1, -0.05) is 6.08 Å². The van der Waals surface area contributed by atoms with Gasteiger partial charge in [0.25, 0.3) is 0 Å². The number of rotatable bonds is 4. The van der Waals surface area contributed by atoms with Gasteiger partial charge in [0, 0.05) is 0 Å². The first-order valence-electron chi connectivity index (χ1n) is 3.36. The summed E-state index contributed by atoms with van der Waals surface area (Å²) in [7, 11) is 0. The van der Waals surface area contributed by atoms with Crippen molar-refractivity contribution in [2.45, 2.75) is 6.92 Å². The van der Waals surface area contributed by atoms with E-state index in [2.05, 4.69) is 9.47 Å². The zero-order valence-corrected chi connectivity index (χ0v) is 6.45. The Hall–Kier alpha value is -1.03. The van der Waals surface area contributed by atoms with Crippen molar-refractivity contribution in [3.05, 3.63) is 12.2 Å². The monoisotopic (exact) mass is 160 g/mol. The van der Waals surface area contributed by atoms with Crippen LogP contribution in [-0.2, 0) is 9.47 Å². The Kier molecular flexibility index (Phi) is 6.42. The Morgan fingerprint density at radius 2 is 2.18 bits per heavy atom. The molecular formula is C7H12O4. The third-order valence-corrected chi connectivity index (χ3v) is 0.832. The molecular weight excluding hydrogens is 148 g/mol. The topological polar surface area (TPSA) is 55.8 Å². The van der Waals surface area contributed by atoms with Crippen LogP contribution in [0.5, 0.6) is 0 Å². The lowest BCUT2D eigenvalue weighted by molar-refractivity contribution is 0.0672. The largest absolute Gasteiger partial charge is 0.508 e. The van der Waals surface area contributed by atoms with Crippen molar-refractivity contribution in [3.63, 3.8) is 0 Å². The molecule has 0 aliphatic carbocycles. The van der Waals surface area contributed by atoms with Gasteiger partial charge in [0.15, 0.2) is 0 Å². The predicted molar refractivity (Wildman–Crippen MR) is 39.2 cm³/mol. The van der Waals surface area contributed by atoms with Crippen molar-refractivity contribution < 1.29 is 19.4 Å². The molecule has 0 saturated heterocycles. The van der Waals surface area contributed by atoms with Crippen LogP contribution in [0, 0.1) is 0 Å². The Bertz CT molecular complexity index is 130. The summed E-state index contributed by atoms with van der Waals surface area (Å²) in [6, 6.07) is 0. The molecule has 0 aliphatic rings. The Balaban J connectivity index is 3.24. The summed E-state index contributed by atoms with van der Waals surface area (Å²) in [6.45, 7) is 2.10. The van der Waals surface area contributed by atoms with E-state index in [0.29, 0.717) is 6.61 Å². The van der Waals surface area contributed by atoms with Crippen LogP contribution in [-0.4, -0.2) is 31.1 Å². The summed E-state index contributed by atoms with van der Waals surface area (Å²) in [5.74, 6) is 0. The van der Waals surface area contributed by atoms with Crippen molar-refractivity contribution in [1.82, 2.24) is 0 Å². The summed E-state index contributed by atoms with van der Waals surface area (Å²) in [5, 5.41) is 8.28. The molecule has 4 nitrogen and oxygen atoms in total. The summed E-state index contributed by atoms with van der Waals surface area (Å²) in [6.07, 6.45) is 2.34. The van der Waals surface area contributed by atoms with Crippen LogP contribution in [0.15, 0.2) is 12.2 Å². The van der Waals surface area contributed by atoms with Gasteiger partial charge in [-0.3, -0.25) is 0 Å². The van der Waals surface area contributed by atoms with E-state index in [0.717, 1.165) is 0 Å². The van der Waals surface area contributed by atoms with E-state index < -0.39 is 6.16 Å². The van der Waals surface area contributed by atoms with Gasteiger partial charge in [-0.2, -0.15) is 0 Å². The van der Waals surface area contributed by atoms with E-state index in [-0.39, 0.29) is 13.2 Å². The van der Waals surface area contributed by atoms with E-state index in [1.54, 1.807) is 6.92 Å². The summed E-state index contributed by atoms with van der Waals surface area (Å²) in [4.78, 5) is 10.5. The fourth-order valence-corrected chi connectivity index (χ4v) is 0.418. The molecule has 0 atom stereocenters. The Morgan fingerprint density at radius 1 is 1.45 bits per heavy atom. The van der Waals surface area contributed by atoms with Gasteiger partial charge >= 0.3 is 6.16 Å². The molecule has 64 valence electrons. The van der Waals surface area contributed by atoms with E-state index in [1.165, 1.54) is 12.2 Å². The number of aliphatic hydroxyl groups excluding tert-OH is 1. The Morgan fingerprint density at radius 3 is 2.73 bits per heavy atom. The third kappa shape index (κ3) is 6.86. The molecule has 11 heavy (non-hydrogen) atoms. The standard InChI is InChI=1S/C7H12O4/c1-2-10-7(9)11-6-4-3-5-8/h3-4,8H,2,5-6H2,1H3/b4-3-. The van der Waals surface area contributed by atoms with E-state index in [9.17, 15) is 4.79 Å².